The summed E-state index contributed by atoms with van der Waals surface area (Å²) in [5.41, 5.74) is 5.67. The van der Waals surface area contributed by atoms with Gasteiger partial charge in [0, 0.05) is 13.2 Å². The molecular formula is C10H22N2O2. The van der Waals surface area contributed by atoms with Crippen molar-refractivity contribution in [3.63, 3.8) is 0 Å². The first-order valence-electron chi connectivity index (χ1n) is 5.11. The smallest absolute Gasteiger partial charge is 0.236 e. The third-order valence-corrected chi connectivity index (χ3v) is 2.00. The Hall–Kier alpha value is -0.610. The minimum Gasteiger partial charge on any atom is -0.396 e. The number of nitrogens with two attached hydrogens (primary N) is 1. The average molecular weight is 202 g/mol. The maximum absolute atomic E-state index is 11.4. The third-order valence-electron chi connectivity index (χ3n) is 2.00. The van der Waals surface area contributed by atoms with Crippen LogP contribution in [0.2, 0.25) is 0 Å². The number of hydrogen-bond donors (Lipinski definition) is 3. The maximum atomic E-state index is 11.4. The van der Waals surface area contributed by atoms with Gasteiger partial charge in [0.05, 0.1) is 6.04 Å². The molecule has 0 saturated carbocycles. The molecule has 1 amide bonds. The third kappa shape index (κ3) is 5.94. The van der Waals surface area contributed by atoms with Gasteiger partial charge >= 0.3 is 0 Å². The molecule has 4 heteroatoms. The number of nitrogens with one attached hydrogen (secondary N) is 1. The number of aliphatic hydroxyl groups is 1. The SMILES string of the molecule is CC(C)CC(N)C(=O)NCC(C)CO. The van der Waals surface area contributed by atoms with Crippen LogP contribution in [0.5, 0.6) is 0 Å². The number of rotatable bonds is 6. The molecule has 0 radical (unpaired) electrons. The highest BCUT2D eigenvalue weighted by atomic mass is 16.3. The minimum absolute atomic E-state index is 0.0830. The van der Waals surface area contributed by atoms with Crippen molar-refractivity contribution in [1.82, 2.24) is 5.32 Å². The van der Waals surface area contributed by atoms with Crippen LogP contribution >= 0.6 is 0 Å². The van der Waals surface area contributed by atoms with Crippen molar-refractivity contribution in [2.24, 2.45) is 17.6 Å². The first-order valence-corrected chi connectivity index (χ1v) is 5.11. The lowest BCUT2D eigenvalue weighted by molar-refractivity contribution is -0.122. The highest BCUT2D eigenvalue weighted by Crippen LogP contribution is 2.02. The van der Waals surface area contributed by atoms with Gasteiger partial charge in [0.1, 0.15) is 0 Å². The molecule has 0 aromatic rings. The van der Waals surface area contributed by atoms with Crippen molar-refractivity contribution in [1.29, 1.82) is 0 Å². The predicted octanol–water partition coefficient (Wildman–Crippen LogP) is 0.104. The zero-order valence-corrected chi connectivity index (χ0v) is 9.29. The number of hydrogen-bond acceptors (Lipinski definition) is 3. The molecule has 0 fully saturated rings. The van der Waals surface area contributed by atoms with Crippen LogP contribution in [-0.2, 0) is 4.79 Å². The molecule has 0 aliphatic rings. The zero-order chi connectivity index (χ0) is 11.1. The quantitative estimate of drug-likeness (QED) is 0.572. The van der Waals surface area contributed by atoms with Crippen LogP contribution in [0.1, 0.15) is 27.2 Å². The van der Waals surface area contributed by atoms with Gasteiger partial charge in [-0.25, -0.2) is 0 Å². The van der Waals surface area contributed by atoms with E-state index in [4.69, 9.17) is 10.8 Å². The largest absolute Gasteiger partial charge is 0.396 e. The Balaban J connectivity index is 3.73. The Morgan fingerprint density at radius 1 is 1.43 bits per heavy atom. The summed E-state index contributed by atoms with van der Waals surface area (Å²) >= 11 is 0. The van der Waals surface area contributed by atoms with Gasteiger partial charge in [-0.05, 0) is 18.3 Å². The molecule has 0 heterocycles. The van der Waals surface area contributed by atoms with E-state index in [9.17, 15) is 4.79 Å². The minimum atomic E-state index is -0.430. The van der Waals surface area contributed by atoms with Crippen LogP contribution in [0.4, 0.5) is 0 Å². The maximum Gasteiger partial charge on any atom is 0.236 e. The molecule has 4 N–H and O–H groups in total. The Bertz CT molecular complexity index is 172. The molecule has 4 nitrogen and oxygen atoms in total. The number of carbonyl (C=O) groups is 1. The second-order valence-corrected chi connectivity index (χ2v) is 4.27. The van der Waals surface area contributed by atoms with Crippen molar-refractivity contribution >= 4 is 5.91 Å². The zero-order valence-electron chi connectivity index (χ0n) is 9.29. The van der Waals surface area contributed by atoms with E-state index >= 15 is 0 Å². The lowest BCUT2D eigenvalue weighted by Crippen LogP contribution is -2.43. The van der Waals surface area contributed by atoms with Gasteiger partial charge in [0.25, 0.3) is 0 Å². The van der Waals surface area contributed by atoms with E-state index in [1.54, 1.807) is 0 Å². The van der Waals surface area contributed by atoms with E-state index in [-0.39, 0.29) is 18.4 Å². The van der Waals surface area contributed by atoms with Crippen LogP contribution in [0, 0.1) is 11.8 Å². The van der Waals surface area contributed by atoms with Gasteiger partial charge in [-0.2, -0.15) is 0 Å². The van der Waals surface area contributed by atoms with Gasteiger partial charge in [0.15, 0.2) is 0 Å². The first-order chi connectivity index (χ1) is 6.47. The van der Waals surface area contributed by atoms with E-state index < -0.39 is 6.04 Å². The number of aliphatic hydroxyl groups excluding tert-OH is 1. The van der Waals surface area contributed by atoms with Crippen LogP contribution in [0.15, 0.2) is 0 Å². The average Bonchev–Trinajstić information content (AvgIpc) is 2.12. The summed E-state index contributed by atoms with van der Waals surface area (Å²) in [5.74, 6) is 0.384. The number of carbonyl (C=O) groups excluding carboxylic acids is 1. The van der Waals surface area contributed by atoms with Crippen molar-refractivity contribution < 1.29 is 9.90 Å². The number of amides is 1. The van der Waals surface area contributed by atoms with Crippen LogP contribution in [0.3, 0.4) is 0 Å². The summed E-state index contributed by atoms with van der Waals surface area (Å²) in [7, 11) is 0. The fourth-order valence-corrected chi connectivity index (χ4v) is 1.09. The molecule has 0 spiro atoms. The summed E-state index contributed by atoms with van der Waals surface area (Å²) in [6.07, 6.45) is 0.694. The van der Waals surface area contributed by atoms with Crippen LogP contribution in [-0.4, -0.2) is 30.2 Å². The molecule has 0 aliphatic carbocycles. The Labute approximate surface area is 85.9 Å². The highest BCUT2D eigenvalue weighted by molar-refractivity contribution is 5.81. The molecule has 14 heavy (non-hydrogen) atoms. The summed E-state index contributed by atoms with van der Waals surface area (Å²) in [5, 5.41) is 11.5. The van der Waals surface area contributed by atoms with Crippen molar-refractivity contribution in [3.8, 4) is 0 Å². The van der Waals surface area contributed by atoms with Crippen molar-refractivity contribution in [2.75, 3.05) is 13.2 Å². The normalized spacial score (nSPS) is 15.3. The first kappa shape index (κ1) is 13.4. The monoisotopic (exact) mass is 202 g/mol. The van der Waals surface area contributed by atoms with Gasteiger partial charge in [-0.1, -0.05) is 20.8 Å². The van der Waals surface area contributed by atoms with Gasteiger partial charge in [-0.15, -0.1) is 0 Å². The second kappa shape index (κ2) is 6.79. The lowest BCUT2D eigenvalue weighted by Gasteiger charge is -2.15. The molecular weight excluding hydrogens is 180 g/mol. The second-order valence-electron chi connectivity index (χ2n) is 4.27. The molecule has 0 aromatic heterocycles. The predicted molar refractivity (Wildman–Crippen MR) is 56.7 cm³/mol. The molecule has 0 saturated heterocycles. The Morgan fingerprint density at radius 3 is 2.43 bits per heavy atom. The topological polar surface area (TPSA) is 75.4 Å². The van der Waals surface area contributed by atoms with Gasteiger partial charge in [-0.3, -0.25) is 4.79 Å². The van der Waals surface area contributed by atoms with Crippen LogP contribution in [0.25, 0.3) is 0 Å². The van der Waals surface area contributed by atoms with Gasteiger partial charge in [0.2, 0.25) is 5.91 Å². The standard InChI is InChI=1S/C10H22N2O2/c1-7(2)4-9(11)10(14)12-5-8(3)6-13/h7-9,13H,4-6,11H2,1-3H3,(H,12,14). The van der Waals surface area contributed by atoms with Crippen molar-refractivity contribution in [3.05, 3.63) is 0 Å². The summed E-state index contributed by atoms with van der Waals surface area (Å²) < 4.78 is 0. The molecule has 0 rings (SSSR count). The highest BCUT2D eigenvalue weighted by Gasteiger charge is 2.14. The summed E-state index contributed by atoms with van der Waals surface area (Å²) in [4.78, 5) is 11.4. The Morgan fingerprint density at radius 2 is 2.00 bits per heavy atom. The Kier molecular flexibility index (Phi) is 6.49. The summed E-state index contributed by atoms with van der Waals surface area (Å²) in [6, 6.07) is -0.430. The fourth-order valence-electron chi connectivity index (χ4n) is 1.09. The molecule has 0 aromatic carbocycles. The van der Waals surface area contributed by atoms with E-state index in [0.717, 1.165) is 0 Å². The molecule has 0 aliphatic heterocycles. The van der Waals surface area contributed by atoms with E-state index in [1.807, 2.05) is 20.8 Å². The molecule has 84 valence electrons. The van der Waals surface area contributed by atoms with Crippen LogP contribution < -0.4 is 11.1 Å². The van der Waals surface area contributed by atoms with E-state index in [1.165, 1.54) is 0 Å². The van der Waals surface area contributed by atoms with E-state index in [0.29, 0.717) is 18.9 Å². The summed E-state index contributed by atoms with van der Waals surface area (Å²) in [6.45, 7) is 6.50. The van der Waals surface area contributed by atoms with E-state index in [2.05, 4.69) is 5.32 Å². The van der Waals surface area contributed by atoms with Crippen molar-refractivity contribution in [2.45, 2.75) is 33.2 Å². The molecule has 0 bridgehead atoms. The molecule has 2 atom stereocenters. The molecule has 2 unspecified atom stereocenters. The van der Waals surface area contributed by atoms with Gasteiger partial charge < -0.3 is 16.2 Å². The fraction of sp³-hybridized carbons (Fsp3) is 0.900. The lowest BCUT2D eigenvalue weighted by atomic mass is 10.0.